The van der Waals surface area contributed by atoms with Gasteiger partial charge in [0.15, 0.2) is 5.13 Å². The van der Waals surface area contributed by atoms with Gasteiger partial charge in [0.25, 0.3) is 0 Å². The second-order valence-electron chi connectivity index (χ2n) is 7.72. The molecule has 3 aromatic carbocycles. The van der Waals surface area contributed by atoms with Crippen molar-refractivity contribution in [1.82, 2.24) is 9.71 Å². The van der Waals surface area contributed by atoms with Crippen LogP contribution in [0.1, 0.15) is 12.8 Å². The van der Waals surface area contributed by atoms with Crippen LogP contribution in [0, 0.1) is 5.92 Å². The maximum atomic E-state index is 12.9. The molecule has 0 saturated carbocycles. The summed E-state index contributed by atoms with van der Waals surface area (Å²) in [6.45, 7) is 2.28. The number of anilines is 1. The Bertz CT molecular complexity index is 1250. The summed E-state index contributed by atoms with van der Waals surface area (Å²) in [5.41, 5.74) is 1.04. The molecule has 0 aliphatic carbocycles. The molecule has 0 bridgehead atoms. The minimum Gasteiger partial charge on any atom is -0.348 e. The summed E-state index contributed by atoms with van der Waals surface area (Å²) in [5, 5.41) is 2.76. The van der Waals surface area contributed by atoms with Crippen molar-refractivity contribution in [2.45, 2.75) is 17.7 Å². The zero-order valence-electron chi connectivity index (χ0n) is 16.5. The molecular weight excluding hydrogens is 414 g/mol. The highest BCUT2D eigenvalue weighted by atomic mass is 32.2. The molecule has 0 spiro atoms. The van der Waals surface area contributed by atoms with Gasteiger partial charge in [-0.05, 0) is 42.3 Å². The van der Waals surface area contributed by atoms with E-state index in [9.17, 15) is 8.42 Å². The summed E-state index contributed by atoms with van der Waals surface area (Å²) < 4.78 is 29.9. The first-order valence-corrected chi connectivity index (χ1v) is 12.5. The summed E-state index contributed by atoms with van der Waals surface area (Å²) in [5.74, 6) is 0.334. The van der Waals surface area contributed by atoms with Crippen molar-refractivity contribution < 1.29 is 8.42 Å². The van der Waals surface area contributed by atoms with Gasteiger partial charge in [-0.1, -0.05) is 59.9 Å². The van der Waals surface area contributed by atoms with E-state index in [-0.39, 0.29) is 0 Å². The normalized spacial score (nSPS) is 15.8. The van der Waals surface area contributed by atoms with Crippen LogP contribution >= 0.6 is 11.3 Å². The first-order valence-electron chi connectivity index (χ1n) is 10.2. The van der Waals surface area contributed by atoms with Crippen molar-refractivity contribution in [3.63, 3.8) is 0 Å². The molecule has 1 aliphatic heterocycles. The smallest absolute Gasteiger partial charge is 0.241 e. The molecule has 0 amide bonds. The monoisotopic (exact) mass is 437 g/mol. The Morgan fingerprint density at radius 3 is 2.53 bits per heavy atom. The van der Waals surface area contributed by atoms with Crippen LogP contribution in [0.4, 0.5) is 5.13 Å². The molecular formula is C23H23N3O2S2. The number of piperidine rings is 1. The third kappa shape index (κ3) is 3.80. The molecule has 1 saturated heterocycles. The molecule has 0 radical (unpaired) electrons. The van der Waals surface area contributed by atoms with Crippen molar-refractivity contribution in [3.8, 4) is 0 Å². The molecule has 1 aromatic heterocycles. The van der Waals surface area contributed by atoms with Crippen LogP contribution in [0.2, 0.25) is 0 Å². The van der Waals surface area contributed by atoms with Crippen LogP contribution in [0.15, 0.2) is 71.6 Å². The van der Waals surface area contributed by atoms with Gasteiger partial charge in [0.2, 0.25) is 10.0 Å². The molecule has 4 aromatic rings. The van der Waals surface area contributed by atoms with Crippen molar-refractivity contribution in [1.29, 1.82) is 0 Å². The molecule has 7 heteroatoms. The number of sulfonamides is 1. The number of para-hydroxylation sites is 1. The maximum absolute atomic E-state index is 12.9. The Kier molecular flexibility index (Phi) is 5.18. The molecule has 154 valence electrons. The van der Waals surface area contributed by atoms with Crippen molar-refractivity contribution in [2.75, 3.05) is 24.5 Å². The van der Waals surface area contributed by atoms with Gasteiger partial charge in [0.1, 0.15) is 0 Å². The highest BCUT2D eigenvalue weighted by molar-refractivity contribution is 7.89. The fourth-order valence-electron chi connectivity index (χ4n) is 4.06. The number of hydrogen-bond donors (Lipinski definition) is 1. The van der Waals surface area contributed by atoms with Crippen LogP contribution < -0.4 is 9.62 Å². The Hall–Kier alpha value is -2.48. The summed E-state index contributed by atoms with van der Waals surface area (Å²) >= 11 is 1.72. The van der Waals surface area contributed by atoms with E-state index < -0.39 is 10.0 Å². The molecule has 5 nitrogen and oxygen atoms in total. The molecule has 2 heterocycles. The first-order chi connectivity index (χ1) is 14.6. The van der Waals surface area contributed by atoms with Crippen molar-refractivity contribution >= 4 is 47.5 Å². The van der Waals surface area contributed by atoms with E-state index in [4.69, 9.17) is 4.98 Å². The van der Waals surface area contributed by atoms with E-state index in [1.54, 1.807) is 23.5 Å². The van der Waals surface area contributed by atoms with Gasteiger partial charge in [-0.3, -0.25) is 0 Å². The van der Waals surface area contributed by atoms with E-state index >= 15 is 0 Å². The van der Waals surface area contributed by atoms with Gasteiger partial charge in [-0.25, -0.2) is 18.1 Å². The van der Waals surface area contributed by atoms with Crippen LogP contribution in [-0.2, 0) is 10.0 Å². The lowest BCUT2D eigenvalue weighted by molar-refractivity contribution is 0.402. The molecule has 1 aliphatic rings. The first kappa shape index (κ1) is 19.5. The number of nitrogens with one attached hydrogen (secondary N) is 1. The van der Waals surface area contributed by atoms with E-state index in [1.165, 1.54) is 4.70 Å². The number of nitrogens with zero attached hydrogens (tertiary/aromatic N) is 2. The van der Waals surface area contributed by atoms with Crippen LogP contribution in [0.5, 0.6) is 0 Å². The minimum absolute atomic E-state index is 0.334. The predicted molar refractivity (Wildman–Crippen MR) is 124 cm³/mol. The molecule has 0 atom stereocenters. The lowest BCUT2D eigenvalue weighted by Gasteiger charge is -2.31. The topological polar surface area (TPSA) is 62.3 Å². The average molecular weight is 438 g/mol. The summed E-state index contributed by atoms with van der Waals surface area (Å²) in [6.07, 6.45) is 1.90. The Morgan fingerprint density at radius 2 is 1.70 bits per heavy atom. The molecule has 30 heavy (non-hydrogen) atoms. The number of benzene rings is 3. The van der Waals surface area contributed by atoms with Gasteiger partial charge in [0.05, 0.1) is 15.1 Å². The second kappa shape index (κ2) is 7.98. The SMILES string of the molecule is O=S(=O)(NCC1CCN(c2nc3ccccc3s2)CC1)c1cccc2ccccc12. The number of hydrogen-bond acceptors (Lipinski definition) is 5. The van der Waals surface area contributed by atoms with E-state index in [0.29, 0.717) is 17.4 Å². The van der Waals surface area contributed by atoms with Gasteiger partial charge >= 0.3 is 0 Å². The highest BCUT2D eigenvalue weighted by Crippen LogP contribution is 2.31. The van der Waals surface area contributed by atoms with Gasteiger partial charge in [0, 0.05) is 25.0 Å². The third-order valence-electron chi connectivity index (χ3n) is 5.77. The largest absolute Gasteiger partial charge is 0.348 e. The Labute approximate surface area is 180 Å². The van der Waals surface area contributed by atoms with Crippen molar-refractivity contribution in [2.24, 2.45) is 5.92 Å². The second-order valence-corrected chi connectivity index (χ2v) is 10.5. The number of thiazole rings is 1. The summed E-state index contributed by atoms with van der Waals surface area (Å²) in [6, 6.07) is 21.2. The lowest BCUT2D eigenvalue weighted by Crippen LogP contribution is -2.38. The fraction of sp³-hybridized carbons (Fsp3) is 0.261. The van der Waals surface area contributed by atoms with E-state index in [0.717, 1.165) is 47.4 Å². The average Bonchev–Trinajstić information content (AvgIpc) is 3.22. The third-order valence-corrected chi connectivity index (χ3v) is 8.35. The Morgan fingerprint density at radius 1 is 0.967 bits per heavy atom. The maximum Gasteiger partial charge on any atom is 0.241 e. The predicted octanol–water partition coefficient (Wildman–Crippen LogP) is 4.64. The highest BCUT2D eigenvalue weighted by Gasteiger charge is 2.24. The zero-order valence-corrected chi connectivity index (χ0v) is 18.1. The van der Waals surface area contributed by atoms with Crippen LogP contribution in [-0.4, -0.2) is 33.0 Å². The van der Waals surface area contributed by atoms with E-state index in [2.05, 4.69) is 15.7 Å². The minimum atomic E-state index is -3.54. The summed E-state index contributed by atoms with van der Waals surface area (Å²) in [7, 11) is -3.54. The van der Waals surface area contributed by atoms with Gasteiger partial charge in [-0.15, -0.1) is 0 Å². The van der Waals surface area contributed by atoms with E-state index in [1.807, 2.05) is 48.5 Å². The van der Waals surface area contributed by atoms with Gasteiger partial charge < -0.3 is 4.90 Å². The lowest BCUT2D eigenvalue weighted by atomic mass is 9.97. The number of rotatable bonds is 5. The molecule has 1 fully saturated rings. The quantitative estimate of drug-likeness (QED) is 0.494. The molecule has 1 N–H and O–H groups in total. The molecule has 0 unspecified atom stereocenters. The van der Waals surface area contributed by atoms with Crippen LogP contribution in [0.3, 0.4) is 0 Å². The number of fused-ring (bicyclic) bond motifs is 2. The number of aromatic nitrogens is 1. The summed E-state index contributed by atoms with van der Waals surface area (Å²) in [4.78, 5) is 7.42. The van der Waals surface area contributed by atoms with Crippen molar-refractivity contribution in [3.05, 3.63) is 66.7 Å². The Balaban J connectivity index is 1.23. The van der Waals surface area contributed by atoms with Crippen LogP contribution in [0.25, 0.3) is 21.0 Å². The van der Waals surface area contributed by atoms with Gasteiger partial charge in [-0.2, -0.15) is 0 Å². The fourth-order valence-corrected chi connectivity index (χ4v) is 6.42. The molecule has 5 rings (SSSR count). The zero-order chi connectivity index (χ0) is 20.6. The standard InChI is InChI=1S/C23H23N3O2S2/c27-30(28,22-11-5-7-18-6-1-2-8-19(18)22)24-16-17-12-14-26(15-13-17)23-25-20-9-3-4-10-21(20)29-23/h1-11,17,24H,12-16H2.